The normalized spacial score (nSPS) is 15.2. The fourth-order valence-corrected chi connectivity index (χ4v) is 6.52. The minimum absolute atomic E-state index is 0.00632. The summed E-state index contributed by atoms with van der Waals surface area (Å²) in [7, 11) is 0. The lowest BCUT2D eigenvalue weighted by atomic mass is 10.1. The van der Waals surface area contributed by atoms with Crippen LogP contribution in [0.5, 0.6) is 5.75 Å². The van der Waals surface area contributed by atoms with E-state index in [9.17, 15) is 14.7 Å². The highest BCUT2D eigenvalue weighted by Crippen LogP contribution is 2.41. The van der Waals surface area contributed by atoms with Crippen molar-refractivity contribution in [3.63, 3.8) is 0 Å². The van der Waals surface area contributed by atoms with Crippen LogP contribution in [0.2, 0.25) is 15.1 Å². The lowest BCUT2D eigenvalue weighted by Gasteiger charge is -2.12. The SMILES string of the molecule is CCOC(=O)C1=C(O)/C(=C/c2cc(Br)c(OCc3ccc(Cl)c(Cl)c3)c(Br)c2)SC1=NC(=O)c1ccccc1Cl. The van der Waals surface area contributed by atoms with E-state index in [1.165, 1.54) is 6.07 Å². The van der Waals surface area contributed by atoms with Gasteiger partial charge in [-0.05, 0) is 92.4 Å². The predicted molar refractivity (Wildman–Crippen MR) is 168 cm³/mol. The van der Waals surface area contributed by atoms with Crippen molar-refractivity contribution in [3.05, 3.63) is 112 Å². The number of carbonyl (C=O) groups is 2. The van der Waals surface area contributed by atoms with Gasteiger partial charge in [-0.25, -0.2) is 9.79 Å². The van der Waals surface area contributed by atoms with Crippen molar-refractivity contribution in [2.75, 3.05) is 6.61 Å². The first-order valence-electron chi connectivity index (χ1n) is 11.5. The molecule has 3 aromatic rings. The van der Waals surface area contributed by atoms with Gasteiger partial charge in [-0.15, -0.1) is 0 Å². The van der Waals surface area contributed by atoms with Crippen molar-refractivity contribution in [2.45, 2.75) is 13.5 Å². The third-order valence-electron chi connectivity index (χ3n) is 5.36. The Morgan fingerprint density at radius 2 is 1.70 bits per heavy atom. The molecule has 0 saturated heterocycles. The summed E-state index contributed by atoms with van der Waals surface area (Å²) >= 11 is 26.2. The fourth-order valence-electron chi connectivity index (χ4n) is 3.52. The molecule has 0 saturated carbocycles. The van der Waals surface area contributed by atoms with Gasteiger partial charge in [0.2, 0.25) is 0 Å². The monoisotopic (exact) mass is 743 g/mol. The van der Waals surface area contributed by atoms with Gasteiger partial charge in [0.05, 0.1) is 41.1 Å². The molecule has 0 aromatic heterocycles. The van der Waals surface area contributed by atoms with Crippen molar-refractivity contribution in [1.29, 1.82) is 0 Å². The van der Waals surface area contributed by atoms with E-state index in [0.29, 0.717) is 35.2 Å². The number of nitrogens with zero attached hydrogens (tertiary/aromatic N) is 1. The van der Waals surface area contributed by atoms with Gasteiger partial charge in [0, 0.05) is 0 Å². The average molecular weight is 747 g/mol. The van der Waals surface area contributed by atoms with E-state index in [0.717, 1.165) is 17.3 Å². The fraction of sp³-hybridized carbons (Fsp3) is 0.107. The van der Waals surface area contributed by atoms with Crippen LogP contribution in [0.4, 0.5) is 0 Å². The number of thioether (sulfide) groups is 1. The van der Waals surface area contributed by atoms with E-state index in [4.69, 9.17) is 44.3 Å². The van der Waals surface area contributed by atoms with Crippen molar-refractivity contribution in [1.82, 2.24) is 0 Å². The van der Waals surface area contributed by atoms with Crippen LogP contribution in [0.25, 0.3) is 6.08 Å². The van der Waals surface area contributed by atoms with Crippen LogP contribution in [0.15, 0.2) is 84.8 Å². The number of aliphatic hydroxyl groups excluding tert-OH is 1. The number of ether oxygens (including phenoxy) is 2. The zero-order chi connectivity index (χ0) is 29.0. The van der Waals surface area contributed by atoms with Gasteiger partial charge in [-0.2, -0.15) is 0 Å². The molecule has 0 bridgehead atoms. The first-order valence-corrected chi connectivity index (χ1v) is 15.1. The number of hydrogen-bond donors (Lipinski definition) is 1. The average Bonchev–Trinajstić information content (AvgIpc) is 3.20. The summed E-state index contributed by atoms with van der Waals surface area (Å²) in [6.07, 6.45) is 1.65. The molecular formula is C28H18Br2Cl3NO5S. The number of aliphatic imine (C=N–C) groups is 1. The highest BCUT2D eigenvalue weighted by Gasteiger charge is 2.34. The van der Waals surface area contributed by atoms with E-state index in [1.54, 1.807) is 55.5 Å². The summed E-state index contributed by atoms with van der Waals surface area (Å²) in [5.74, 6) is -1.25. The van der Waals surface area contributed by atoms with Crippen molar-refractivity contribution < 1.29 is 24.2 Å². The Kier molecular flexibility index (Phi) is 10.4. The molecule has 4 rings (SSSR count). The summed E-state index contributed by atoms with van der Waals surface area (Å²) in [6.45, 7) is 1.96. The maximum absolute atomic E-state index is 12.8. The number of esters is 1. The Morgan fingerprint density at radius 1 is 1.00 bits per heavy atom. The van der Waals surface area contributed by atoms with Crippen LogP contribution in [-0.4, -0.2) is 28.6 Å². The third-order valence-corrected chi connectivity index (χ3v) is 8.63. The molecule has 1 aliphatic heterocycles. The van der Waals surface area contributed by atoms with Crippen molar-refractivity contribution >= 4 is 101 Å². The molecule has 0 unspecified atom stereocenters. The second kappa shape index (κ2) is 13.6. The number of rotatable bonds is 7. The van der Waals surface area contributed by atoms with E-state index in [-0.39, 0.29) is 40.2 Å². The molecule has 1 N–H and O–H groups in total. The number of hydrogen-bond acceptors (Lipinski definition) is 6. The smallest absolute Gasteiger partial charge is 0.344 e. The van der Waals surface area contributed by atoms with Gasteiger partial charge in [0.15, 0.2) is 0 Å². The second-order valence-corrected chi connectivity index (χ2v) is 12.1. The summed E-state index contributed by atoms with van der Waals surface area (Å²) in [6, 6.07) is 15.2. The van der Waals surface area contributed by atoms with E-state index in [1.807, 2.05) is 6.07 Å². The number of aliphatic hydroxyl groups is 1. The molecule has 0 fully saturated rings. The molecule has 3 aromatic carbocycles. The quantitative estimate of drug-likeness (QED) is 0.243. The zero-order valence-corrected chi connectivity index (χ0v) is 26.8. The maximum atomic E-state index is 12.8. The Labute approximate surface area is 266 Å². The number of halogens is 5. The molecule has 1 aliphatic rings. The maximum Gasteiger partial charge on any atom is 0.344 e. The number of benzene rings is 3. The molecule has 12 heteroatoms. The molecule has 0 atom stereocenters. The largest absolute Gasteiger partial charge is 0.506 e. The van der Waals surface area contributed by atoms with Gasteiger partial charge in [0.25, 0.3) is 5.91 Å². The van der Waals surface area contributed by atoms with Crippen LogP contribution in [0, 0.1) is 0 Å². The summed E-state index contributed by atoms with van der Waals surface area (Å²) < 4.78 is 12.3. The molecule has 1 heterocycles. The first kappa shape index (κ1) is 30.7. The van der Waals surface area contributed by atoms with Crippen LogP contribution >= 0.6 is 78.4 Å². The highest BCUT2D eigenvalue weighted by molar-refractivity contribution is 9.11. The Hall–Kier alpha value is -2.27. The summed E-state index contributed by atoms with van der Waals surface area (Å²) in [5, 5.41) is 12.1. The van der Waals surface area contributed by atoms with E-state index < -0.39 is 11.9 Å². The minimum Gasteiger partial charge on any atom is -0.506 e. The van der Waals surface area contributed by atoms with Gasteiger partial charge < -0.3 is 14.6 Å². The van der Waals surface area contributed by atoms with Crippen LogP contribution in [0.3, 0.4) is 0 Å². The molecule has 6 nitrogen and oxygen atoms in total. The third kappa shape index (κ3) is 7.13. The highest BCUT2D eigenvalue weighted by atomic mass is 79.9. The van der Waals surface area contributed by atoms with E-state index >= 15 is 0 Å². The van der Waals surface area contributed by atoms with E-state index in [2.05, 4.69) is 36.9 Å². The van der Waals surface area contributed by atoms with Crippen LogP contribution in [-0.2, 0) is 16.1 Å². The first-order chi connectivity index (χ1) is 19.1. The molecular weight excluding hydrogens is 729 g/mol. The van der Waals surface area contributed by atoms with Crippen molar-refractivity contribution in [2.24, 2.45) is 4.99 Å². The standard InChI is InChI=1S/C28H18Br2Cl3NO5S/c1-2-38-28(37)23-24(35)22(40-27(23)34-26(36)16-5-3-4-6-19(16)31)12-15-9-17(29)25(18(30)10-15)39-13-14-7-8-20(32)21(33)11-14/h3-12,35H,2,13H2,1H3/b22-12-,34-27?. The van der Waals surface area contributed by atoms with Gasteiger partial charge in [0.1, 0.15) is 28.7 Å². The van der Waals surface area contributed by atoms with Gasteiger partial charge >= 0.3 is 5.97 Å². The lowest BCUT2D eigenvalue weighted by Crippen LogP contribution is -2.14. The Balaban J connectivity index is 1.63. The van der Waals surface area contributed by atoms with Crippen LogP contribution in [0.1, 0.15) is 28.4 Å². The molecule has 0 radical (unpaired) electrons. The molecule has 1 amide bonds. The summed E-state index contributed by atoms with van der Waals surface area (Å²) in [5.41, 5.74) is 1.47. The van der Waals surface area contributed by atoms with Crippen LogP contribution < -0.4 is 4.74 Å². The number of carbonyl (C=O) groups excluding carboxylic acids is 2. The van der Waals surface area contributed by atoms with Crippen molar-refractivity contribution in [3.8, 4) is 5.75 Å². The lowest BCUT2D eigenvalue weighted by molar-refractivity contribution is -0.138. The Bertz CT molecular complexity index is 1580. The zero-order valence-electron chi connectivity index (χ0n) is 20.5. The van der Waals surface area contributed by atoms with Gasteiger partial charge in [-0.1, -0.05) is 64.8 Å². The van der Waals surface area contributed by atoms with Gasteiger partial charge in [-0.3, -0.25) is 4.79 Å². The minimum atomic E-state index is -0.796. The topological polar surface area (TPSA) is 85.2 Å². The molecule has 40 heavy (non-hydrogen) atoms. The molecule has 206 valence electrons. The second-order valence-electron chi connectivity index (χ2n) is 8.11. The summed E-state index contributed by atoms with van der Waals surface area (Å²) in [4.78, 5) is 29.9. The Morgan fingerprint density at radius 3 is 2.35 bits per heavy atom. The molecule has 0 aliphatic carbocycles. The predicted octanol–water partition coefficient (Wildman–Crippen LogP) is 9.45. The molecule has 0 spiro atoms. The number of amides is 1.